The van der Waals surface area contributed by atoms with Crippen LogP contribution < -0.4 is 15.8 Å². The van der Waals surface area contributed by atoms with Crippen LogP contribution in [0.3, 0.4) is 0 Å². The van der Waals surface area contributed by atoms with Gasteiger partial charge in [0.25, 0.3) is 0 Å². The molecule has 0 fully saturated rings. The van der Waals surface area contributed by atoms with Gasteiger partial charge in [0.15, 0.2) is 5.82 Å². The van der Waals surface area contributed by atoms with Gasteiger partial charge >= 0.3 is 0 Å². The number of benzene rings is 1. The van der Waals surface area contributed by atoms with Crippen LogP contribution in [0, 0.1) is 6.92 Å². The van der Waals surface area contributed by atoms with Crippen LogP contribution in [0.15, 0.2) is 27.6 Å². The molecule has 2 rings (SSSR count). The fourth-order valence-electron chi connectivity index (χ4n) is 1.61. The molecule has 9 heteroatoms. The molecule has 4 N–H and O–H groups in total. The first-order valence-corrected chi connectivity index (χ1v) is 7.27. The van der Waals surface area contributed by atoms with Gasteiger partial charge in [-0.2, -0.15) is 4.98 Å². The van der Waals surface area contributed by atoms with Crippen molar-refractivity contribution in [1.29, 1.82) is 0 Å². The molecule has 0 bridgehead atoms. The van der Waals surface area contributed by atoms with E-state index in [9.17, 15) is 8.42 Å². The first-order valence-electron chi connectivity index (χ1n) is 5.78. The number of hydrogen-bond acceptors (Lipinski definition) is 7. The van der Waals surface area contributed by atoms with E-state index in [4.69, 9.17) is 10.3 Å². The average molecular weight is 297 g/mol. The third kappa shape index (κ3) is 3.06. The van der Waals surface area contributed by atoms with E-state index >= 15 is 0 Å². The van der Waals surface area contributed by atoms with E-state index in [0.29, 0.717) is 23.9 Å². The van der Waals surface area contributed by atoms with E-state index in [1.165, 1.54) is 19.2 Å². The molecule has 0 unspecified atom stereocenters. The Balaban J connectivity index is 2.13. The summed E-state index contributed by atoms with van der Waals surface area (Å²) >= 11 is 0. The lowest BCUT2D eigenvalue weighted by Crippen LogP contribution is -2.20. The third-order valence-electron chi connectivity index (χ3n) is 2.59. The van der Waals surface area contributed by atoms with Crippen LogP contribution >= 0.6 is 0 Å². The SMILES string of the molecule is CNS(=O)(=O)c1ccc(NCc2noc(C)n2)cc1N. The minimum absolute atomic E-state index is 0.0426. The molecule has 0 aliphatic heterocycles. The van der Waals surface area contributed by atoms with Crippen LogP contribution in [0.1, 0.15) is 11.7 Å². The van der Waals surface area contributed by atoms with Gasteiger partial charge < -0.3 is 15.6 Å². The van der Waals surface area contributed by atoms with Gasteiger partial charge in [-0.15, -0.1) is 0 Å². The number of aryl methyl sites for hydroxylation is 1. The fourth-order valence-corrected chi connectivity index (χ4v) is 2.44. The summed E-state index contributed by atoms with van der Waals surface area (Å²) in [4.78, 5) is 4.08. The minimum Gasteiger partial charge on any atom is -0.398 e. The summed E-state index contributed by atoms with van der Waals surface area (Å²) in [6, 6.07) is 4.59. The zero-order valence-electron chi connectivity index (χ0n) is 11.0. The number of nitrogen functional groups attached to an aromatic ring is 1. The van der Waals surface area contributed by atoms with Crippen molar-refractivity contribution in [3.63, 3.8) is 0 Å². The monoisotopic (exact) mass is 297 g/mol. The normalized spacial score (nSPS) is 11.5. The number of rotatable bonds is 5. The lowest BCUT2D eigenvalue weighted by Gasteiger charge is -2.09. The number of anilines is 2. The van der Waals surface area contributed by atoms with Crippen LogP contribution in [-0.2, 0) is 16.6 Å². The number of nitrogens with zero attached hydrogens (tertiary/aromatic N) is 2. The van der Waals surface area contributed by atoms with Crippen molar-refractivity contribution in [2.45, 2.75) is 18.4 Å². The standard InChI is InChI=1S/C11H15N5O3S/c1-7-15-11(16-19-7)6-14-8-3-4-10(9(12)5-8)20(17,18)13-2/h3-5,13-14H,6,12H2,1-2H3. The maximum absolute atomic E-state index is 11.7. The Bertz CT molecular complexity index is 711. The molecule has 0 spiro atoms. The molecule has 108 valence electrons. The molecule has 0 amide bonds. The van der Waals surface area contributed by atoms with Crippen LogP contribution in [0.25, 0.3) is 0 Å². The van der Waals surface area contributed by atoms with Crippen molar-refractivity contribution in [2.75, 3.05) is 18.1 Å². The number of hydrogen-bond donors (Lipinski definition) is 3. The second-order valence-electron chi connectivity index (χ2n) is 4.04. The van der Waals surface area contributed by atoms with Crippen LogP contribution in [0.5, 0.6) is 0 Å². The van der Waals surface area contributed by atoms with Gasteiger partial charge in [-0.25, -0.2) is 13.1 Å². The first kappa shape index (κ1) is 14.3. The molecule has 0 saturated carbocycles. The highest BCUT2D eigenvalue weighted by Gasteiger charge is 2.15. The van der Waals surface area contributed by atoms with Crippen LogP contribution in [0.4, 0.5) is 11.4 Å². The number of aromatic nitrogens is 2. The summed E-state index contributed by atoms with van der Waals surface area (Å²) in [7, 11) is -2.22. The number of nitrogens with one attached hydrogen (secondary N) is 2. The van der Waals surface area contributed by atoms with Gasteiger partial charge in [0.1, 0.15) is 4.90 Å². The molecule has 1 aromatic carbocycles. The molecule has 1 aromatic heterocycles. The Kier molecular flexibility index (Phi) is 3.91. The molecule has 0 saturated heterocycles. The van der Waals surface area contributed by atoms with E-state index in [2.05, 4.69) is 20.2 Å². The first-order chi connectivity index (χ1) is 9.42. The van der Waals surface area contributed by atoms with Gasteiger partial charge in [-0.1, -0.05) is 5.16 Å². The second-order valence-corrected chi connectivity index (χ2v) is 5.90. The van der Waals surface area contributed by atoms with E-state index in [1.807, 2.05) is 0 Å². The quantitative estimate of drug-likeness (QED) is 0.686. The Morgan fingerprint density at radius 2 is 2.15 bits per heavy atom. The summed E-state index contributed by atoms with van der Waals surface area (Å²) in [5.41, 5.74) is 6.57. The predicted molar refractivity (Wildman–Crippen MR) is 73.5 cm³/mol. The zero-order valence-corrected chi connectivity index (χ0v) is 11.9. The van der Waals surface area contributed by atoms with E-state index in [0.717, 1.165) is 0 Å². The predicted octanol–water partition coefficient (Wildman–Crippen LogP) is 0.480. The molecule has 20 heavy (non-hydrogen) atoms. The van der Waals surface area contributed by atoms with Crippen molar-refractivity contribution < 1.29 is 12.9 Å². The molecule has 0 atom stereocenters. The lowest BCUT2D eigenvalue weighted by atomic mass is 10.3. The molecule has 1 heterocycles. The summed E-state index contributed by atoms with van der Waals surface area (Å²) in [5.74, 6) is 0.991. The molecule has 2 aromatic rings. The summed E-state index contributed by atoms with van der Waals surface area (Å²) in [5, 5.41) is 6.77. The highest BCUT2D eigenvalue weighted by atomic mass is 32.2. The highest BCUT2D eigenvalue weighted by molar-refractivity contribution is 7.89. The van der Waals surface area contributed by atoms with Crippen molar-refractivity contribution >= 4 is 21.4 Å². The topological polar surface area (TPSA) is 123 Å². The summed E-state index contributed by atoms with van der Waals surface area (Å²) in [6.45, 7) is 2.06. The fraction of sp³-hybridized carbons (Fsp3) is 0.273. The van der Waals surface area contributed by atoms with Crippen molar-refractivity contribution in [3.05, 3.63) is 29.9 Å². The number of nitrogens with two attached hydrogens (primary N) is 1. The van der Waals surface area contributed by atoms with Crippen LogP contribution in [-0.4, -0.2) is 25.6 Å². The van der Waals surface area contributed by atoms with Gasteiger partial charge in [0, 0.05) is 12.6 Å². The van der Waals surface area contributed by atoms with Gasteiger partial charge in [0.05, 0.1) is 12.2 Å². The van der Waals surface area contributed by atoms with Gasteiger partial charge in [0.2, 0.25) is 15.9 Å². The maximum atomic E-state index is 11.7. The lowest BCUT2D eigenvalue weighted by molar-refractivity contribution is 0.388. The average Bonchev–Trinajstić information content (AvgIpc) is 2.82. The molecular weight excluding hydrogens is 282 g/mol. The molecule has 0 aliphatic rings. The molecule has 0 aliphatic carbocycles. The second kappa shape index (κ2) is 5.47. The molecule has 8 nitrogen and oxygen atoms in total. The largest absolute Gasteiger partial charge is 0.398 e. The van der Waals surface area contributed by atoms with E-state index in [1.54, 1.807) is 13.0 Å². The Hall–Kier alpha value is -2.13. The number of sulfonamides is 1. The molecular formula is C11H15N5O3S. The summed E-state index contributed by atoms with van der Waals surface area (Å²) in [6.07, 6.45) is 0. The maximum Gasteiger partial charge on any atom is 0.242 e. The van der Waals surface area contributed by atoms with Gasteiger partial charge in [-0.05, 0) is 25.2 Å². The van der Waals surface area contributed by atoms with Gasteiger partial charge in [-0.3, -0.25) is 0 Å². The Labute approximate surface area is 116 Å². The van der Waals surface area contributed by atoms with E-state index in [-0.39, 0.29) is 10.6 Å². The van der Waals surface area contributed by atoms with Crippen LogP contribution in [0.2, 0.25) is 0 Å². The molecule has 0 radical (unpaired) electrons. The van der Waals surface area contributed by atoms with E-state index < -0.39 is 10.0 Å². The van der Waals surface area contributed by atoms with Crippen molar-refractivity contribution in [2.24, 2.45) is 0 Å². The third-order valence-corrected chi connectivity index (χ3v) is 4.08. The minimum atomic E-state index is -3.55. The van der Waals surface area contributed by atoms with Crippen molar-refractivity contribution in [1.82, 2.24) is 14.9 Å². The zero-order chi connectivity index (χ0) is 14.8. The Morgan fingerprint density at radius 3 is 2.70 bits per heavy atom. The smallest absolute Gasteiger partial charge is 0.242 e. The summed E-state index contributed by atoms with van der Waals surface area (Å²) < 4.78 is 30.4. The Morgan fingerprint density at radius 1 is 1.40 bits per heavy atom. The van der Waals surface area contributed by atoms with Crippen molar-refractivity contribution in [3.8, 4) is 0 Å². The highest BCUT2D eigenvalue weighted by Crippen LogP contribution is 2.22.